The minimum absolute atomic E-state index is 0.0185. The molecule has 3 aromatic rings. The van der Waals surface area contributed by atoms with Crippen molar-refractivity contribution < 1.29 is 47.7 Å². The second-order valence-corrected chi connectivity index (χ2v) is 17.1. The number of likely N-dealkylation sites (tertiary alicyclic amines) is 1. The molecule has 282 valence electrons. The number of hydrogen-bond donors (Lipinski definition) is 0. The number of carbonyl (C=O) groups is 6. The van der Waals surface area contributed by atoms with Crippen LogP contribution in [0.25, 0.3) is 21.9 Å². The van der Waals surface area contributed by atoms with Crippen molar-refractivity contribution >= 4 is 46.5 Å². The van der Waals surface area contributed by atoms with E-state index in [1.807, 2.05) is 24.3 Å². The molecule has 3 heterocycles. The van der Waals surface area contributed by atoms with E-state index in [0.717, 1.165) is 22.9 Å². The minimum atomic E-state index is -0.776. The minimum Gasteiger partial charge on any atom is -0.456 e. The van der Waals surface area contributed by atoms with Gasteiger partial charge in [-0.25, -0.2) is 19.2 Å². The molecular formula is C42H44N2O10. The summed E-state index contributed by atoms with van der Waals surface area (Å²) in [5, 5.41) is 1.47. The van der Waals surface area contributed by atoms with Crippen molar-refractivity contribution in [3.8, 4) is 11.1 Å². The molecule has 3 aromatic carbocycles. The molecule has 0 N–H and O–H groups in total. The molecule has 12 nitrogen and oxygen atoms in total. The summed E-state index contributed by atoms with van der Waals surface area (Å²) in [5.41, 5.74) is 0.980. The van der Waals surface area contributed by atoms with Crippen LogP contribution in [0, 0.1) is 23.7 Å². The number of Topliss-reactive ketones (excluding diaryl/α,β-unsaturated/α-hetero) is 2. The van der Waals surface area contributed by atoms with Crippen molar-refractivity contribution in [1.29, 1.82) is 0 Å². The molecule has 0 aromatic heterocycles. The van der Waals surface area contributed by atoms with E-state index in [1.54, 1.807) is 77.9 Å². The van der Waals surface area contributed by atoms with Crippen molar-refractivity contribution in [1.82, 2.24) is 9.80 Å². The van der Waals surface area contributed by atoms with Crippen LogP contribution in [0.2, 0.25) is 0 Å². The molecule has 3 aliphatic carbocycles. The topological polar surface area (TPSA) is 146 Å². The molecular weight excluding hydrogens is 692 g/mol. The first-order chi connectivity index (χ1) is 25.5. The fourth-order valence-corrected chi connectivity index (χ4v) is 8.52. The number of nitrogens with zero attached hydrogens (tertiary/aromatic N) is 2. The Kier molecular flexibility index (Phi) is 8.39. The van der Waals surface area contributed by atoms with Crippen LogP contribution in [0.5, 0.6) is 0 Å². The van der Waals surface area contributed by atoms with Crippen LogP contribution >= 0.6 is 0 Å². The summed E-state index contributed by atoms with van der Waals surface area (Å²) in [7, 11) is 0. The average molecular weight is 737 g/mol. The van der Waals surface area contributed by atoms with Crippen LogP contribution in [0.3, 0.4) is 0 Å². The number of esters is 2. The van der Waals surface area contributed by atoms with Gasteiger partial charge < -0.3 is 18.9 Å². The van der Waals surface area contributed by atoms with Crippen molar-refractivity contribution in [2.45, 2.75) is 89.8 Å². The van der Waals surface area contributed by atoms with Crippen LogP contribution in [-0.2, 0) is 28.5 Å². The lowest BCUT2D eigenvalue weighted by Gasteiger charge is -2.29. The van der Waals surface area contributed by atoms with Crippen LogP contribution in [0.15, 0.2) is 60.7 Å². The van der Waals surface area contributed by atoms with Gasteiger partial charge in [0.2, 0.25) is 5.78 Å². The van der Waals surface area contributed by atoms with E-state index in [-0.39, 0.29) is 35.5 Å². The first-order valence-corrected chi connectivity index (χ1v) is 18.6. The number of benzene rings is 3. The maximum absolute atomic E-state index is 13.5. The first kappa shape index (κ1) is 35.8. The smallest absolute Gasteiger partial charge is 0.411 e. The summed E-state index contributed by atoms with van der Waals surface area (Å²) in [5.74, 6) is -1.01. The lowest BCUT2D eigenvalue weighted by Crippen LogP contribution is -2.46. The number of ketones is 2. The summed E-state index contributed by atoms with van der Waals surface area (Å²) < 4.78 is 22.0. The normalized spacial score (nSPS) is 27.1. The third kappa shape index (κ3) is 6.49. The second-order valence-electron chi connectivity index (χ2n) is 17.1. The quantitative estimate of drug-likeness (QED) is 0.141. The molecule has 3 aliphatic heterocycles. The number of fused-ring (bicyclic) bond motifs is 3. The number of piperidine rings is 2. The number of carbonyl (C=O) groups excluding carboxylic acids is 6. The molecule has 12 heteroatoms. The zero-order valence-electron chi connectivity index (χ0n) is 31.2. The SMILES string of the molecule is CC(C)(C)OC(=O)N1C2C3C([C@@H]32)[C@H]1C(=O)OCC(=O)c1cccc2c(-c3ccc(C(=O)COC(=O)[C@@H]4C[C@H]5C[C@H]5N4C(=O)OC(C)(C)C)cc3)cccc12. The highest BCUT2D eigenvalue weighted by molar-refractivity contribution is 6.12. The first-order valence-electron chi connectivity index (χ1n) is 18.6. The Balaban J connectivity index is 0.897. The molecule has 9 rings (SSSR count). The lowest BCUT2D eigenvalue weighted by molar-refractivity contribution is -0.148. The van der Waals surface area contributed by atoms with Gasteiger partial charge in [-0.2, -0.15) is 0 Å². The molecule has 3 unspecified atom stereocenters. The Morgan fingerprint density at radius 3 is 1.91 bits per heavy atom. The van der Waals surface area contributed by atoms with Gasteiger partial charge >= 0.3 is 24.1 Å². The van der Waals surface area contributed by atoms with Crippen molar-refractivity contribution in [3.05, 3.63) is 71.8 Å². The Hall–Kier alpha value is -5.26. The Labute approximate surface area is 313 Å². The van der Waals surface area contributed by atoms with E-state index in [1.165, 1.54) is 9.80 Å². The summed E-state index contributed by atoms with van der Waals surface area (Å²) in [4.78, 5) is 81.4. The third-order valence-corrected chi connectivity index (χ3v) is 11.1. The Morgan fingerprint density at radius 2 is 1.24 bits per heavy atom. The maximum atomic E-state index is 13.5. The predicted molar refractivity (Wildman–Crippen MR) is 194 cm³/mol. The fraction of sp³-hybridized carbons (Fsp3) is 0.476. The van der Waals surface area contributed by atoms with Gasteiger partial charge in [-0.05, 0) is 94.0 Å². The number of ether oxygens (including phenoxy) is 4. The van der Waals surface area contributed by atoms with E-state index in [4.69, 9.17) is 18.9 Å². The molecule has 2 amide bonds. The van der Waals surface area contributed by atoms with Gasteiger partial charge in [0.1, 0.15) is 23.3 Å². The zero-order valence-corrected chi connectivity index (χ0v) is 31.2. The predicted octanol–water partition coefficient (Wildman–Crippen LogP) is 6.22. The van der Waals surface area contributed by atoms with E-state index >= 15 is 0 Å². The highest BCUT2D eigenvalue weighted by atomic mass is 16.6. The molecule has 0 radical (unpaired) electrons. The highest BCUT2D eigenvalue weighted by Crippen LogP contribution is 2.78. The largest absolute Gasteiger partial charge is 0.456 e. The second kappa shape index (κ2) is 12.7. The van der Waals surface area contributed by atoms with Gasteiger partial charge in [-0.1, -0.05) is 60.7 Å². The summed E-state index contributed by atoms with van der Waals surface area (Å²) in [6.45, 7) is 9.73. The molecule has 3 saturated heterocycles. The van der Waals surface area contributed by atoms with Gasteiger partial charge in [0.15, 0.2) is 19.0 Å². The highest BCUT2D eigenvalue weighted by Gasteiger charge is 2.87. The van der Waals surface area contributed by atoms with Crippen molar-refractivity contribution in [2.24, 2.45) is 23.7 Å². The molecule has 6 aliphatic rings. The van der Waals surface area contributed by atoms with Gasteiger partial charge in [0, 0.05) is 29.1 Å². The third-order valence-electron chi connectivity index (χ3n) is 11.1. The average Bonchev–Trinajstić information content (AvgIpc) is 4.06. The van der Waals surface area contributed by atoms with Gasteiger partial charge in [-0.15, -0.1) is 0 Å². The molecule has 2 bridgehead atoms. The standard InChI is InChI=1S/C42H44N2O10/c1-41(2,3)53-39(49)43-28-17-23(28)18-29(43)37(47)51-19-30(45)22-15-13-21(14-16-22)24-9-7-11-26-25(24)10-8-12-27(26)31(46)20-52-38(48)36-34-32-33(34)35(32)44(36)40(50)54-42(4,5)6/h7-16,23,28-29,32-36H,17-20H2,1-6H3/t23-,28-,29+,32-,33?,34?,35?,36+/m1/s1. The molecule has 0 spiro atoms. The lowest BCUT2D eigenvalue weighted by atomic mass is 9.94. The molecule has 54 heavy (non-hydrogen) atoms. The van der Waals surface area contributed by atoms with Crippen LogP contribution < -0.4 is 0 Å². The van der Waals surface area contributed by atoms with Crippen LogP contribution in [-0.4, -0.2) is 94.1 Å². The number of rotatable bonds is 9. The van der Waals surface area contributed by atoms with Gasteiger partial charge in [-0.3, -0.25) is 19.4 Å². The van der Waals surface area contributed by atoms with E-state index in [2.05, 4.69) is 0 Å². The van der Waals surface area contributed by atoms with E-state index in [0.29, 0.717) is 34.8 Å². The van der Waals surface area contributed by atoms with Crippen LogP contribution in [0.4, 0.5) is 9.59 Å². The van der Waals surface area contributed by atoms with Gasteiger partial charge in [0.25, 0.3) is 0 Å². The number of hydrogen-bond acceptors (Lipinski definition) is 10. The van der Waals surface area contributed by atoms with Crippen LogP contribution in [0.1, 0.15) is 75.1 Å². The monoisotopic (exact) mass is 736 g/mol. The summed E-state index contributed by atoms with van der Waals surface area (Å²) in [6.07, 6.45) is 0.247. The fourth-order valence-electron chi connectivity index (χ4n) is 8.52. The zero-order chi connectivity index (χ0) is 38.4. The van der Waals surface area contributed by atoms with E-state index in [9.17, 15) is 28.8 Å². The molecule has 3 saturated carbocycles. The maximum Gasteiger partial charge on any atom is 0.411 e. The molecule has 8 atom stereocenters. The van der Waals surface area contributed by atoms with E-state index < -0.39 is 60.6 Å². The number of amides is 2. The van der Waals surface area contributed by atoms with Gasteiger partial charge in [0.05, 0.1) is 0 Å². The summed E-state index contributed by atoms with van der Waals surface area (Å²) in [6, 6.07) is 16.3. The van der Waals surface area contributed by atoms with Crippen molar-refractivity contribution in [2.75, 3.05) is 13.2 Å². The Morgan fingerprint density at radius 1 is 0.648 bits per heavy atom. The van der Waals surface area contributed by atoms with Crippen molar-refractivity contribution in [3.63, 3.8) is 0 Å². The molecule has 6 fully saturated rings. The Bertz CT molecular complexity index is 2090. The summed E-state index contributed by atoms with van der Waals surface area (Å²) >= 11 is 0.